The fourth-order valence-corrected chi connectivity index (χ4v) is 5.91. The Morgan fingerprint density at radius 1 is 1.10 bits per heavy atom. The molecule has 7 nitrogen and oxygen atoms in total. The van der Waals surface area contributed by atoms with Crippen molar-refractivity contribution in [2.75, 3.05) is 32.0 Å². The second kappa shape index (κ2) is 7.48. The van der Waals surface area contributed by atoms with Gasteiger partial charge in [0.1, 0.15) is 0 Å². The normalized spacial score (nSPS) is 28.8. The van der Waals surface area contributed by atoms with Crippen LogP contribution in [0.1, 0.15) is 57.2 Å². The van der Waals surface area contributed by atoms with Crippen LogP contribution >= 0.6 is 0 Å². The summed E-state index contributed by atoms with van der Waals surface area (Å²) in [6, 6.07) is 5.52. The van der Waals surface area contributed by atoms with Crippen molar-refractivity contribution in [1.82, 2.24) is 19.7 Å². The number of nitrogens with two attached hydrogens (primary N) is 1. The summed E-state index contributed by atoms with van der Waals surface area (Å²) in [7, 11) is 0. The molecule has 2 N–H and O–H groups in total. The number of nitrogens with zero attached hydrogens (tertiary/aromatic N) is 4. The van der Waals surface area contributed by atoms with Crippen LogP contribution < -0.4 is 10.5 Å². The number of piperidine rings is 1. The van der Waals surface area contributed by atoms with E-state index in [0.717, 1.165) is 36.3 Å². The highest BCUT2D eigenvalue weighted by Crippen LogP contribution is 2.59. The number of pyridine rings is 1. The molecule has 2 aliphatic carbocycles. The fraction of sp³-hybridized carbons (Fsp3) is 0.667. The summed E-state index contributed by atoms with van der Waals surface area (Å²) in [5.41, 5.74) is 9.47. The molecule has 4 heterocycles. The highest BCUT2D eigenvalue weighted by Gasteiger charge is 2.59. The molecule has 6 rings (SSSR count). The molecular formula is C24H33N5O2. The van der Waals surface area contributed by atoms with Crippen molar-refractivity contribution < 1.29 is 9.47 Å². The lowest BCUT2D eigenvalue weighted by atomic mass is 10.1. The summed E-state index contributed by atoms with van der Waals surface area (Å²) >= 11 is 0. The van der Waals surface area contributed by atoms with Crippen LogP contribution in [0.25, 0.3) is 11.3 Å². The number of fused-ring (bicyclic) bond motifs is 1. The summed E-state index contributed by atoms with van der Waals surface area (Å²) in [4.78, 5) is 7.04. The molecule has 2 aromatic heterocycles. The maximum Gasteiger partial charge on any atom is 0.166 e. The first kappa shape index (κ1) is 19.6. The zero-order valence-electron chi connectivity index (χ0n) is 18.5. The van der Waals surface area contributed by atoms with E-state index in [-0.39, 0.29) is 6.10 Å². The maximum absolute atomic E-state index is 6.05. The lowest BCUT2D eigenvalue weighted by Gasteiger charge is -2.35. The number of hydrogen-bond donors (Lipinski definition) is 1. The van der Waals surface area contributed by atoms with Crippen molar-refractivity contribution in [2.45, 2.75) is 63.6 Å². The molecule has 0 aromatic carbocycles. The van der Waals surface area contributed by atoms with Crippen molar-refractivity contribution in [1.29, 1.82) is 0 Å². The van der Waals surface area contributed by atoms with Crippen LogP contribution in [0.15, 0.2) is 18.3 Å². The van der Waals surface area contributed by atoms with Gasteiger partial charge in [0.15, 0.2) is 11.6 Å². The lowest BCUT2D eigenvalue weighted by molar-refractivity contribution is -0.0610. The Kier molecular flexibility index (Phi) is 4.72. The summed E-state index contributed by atoms with van der Waals surface area (Å²) in [5, 5.41) is 5.13. The zero-order chi connectivity index (χ0) is 21.1. The van der Waals surface area contributed by atoms with Crippen LogP contribution in [0.5, 0.6) is 5.75 Å². The van der Waals surface area contributed by atoms with Gasteiger partial charge in [-0.1, -0.05) is 12.8 Å². The van der Waals surface area contributed by atoms with Crippen LogP contribution in [0, 0.1) is 11.8 Å². The van der Waals surface area contributed by atoms with Gasteiger partial charge >= 0.3 is 0 Å². The highest BCUT2D eigenvalue weighted by molar-refractivity contribution is 5.64. The molecule has 2 aromatic rings. The summed E-state index contributed by atoms with van der Waals surface area (Å²) in [6.45, 7) is 8.26. The molecule has 0 amide bonds. The average Bonchev–Trinajstić information content (AvgIpc) is 3.18. The Hall–Kier alpha value is -2.12. The Morgan fingerprint density at radius 3 is 2.48 bits per heavy atom. The number of likely N-dealkylation sites (tertiary alicyclic amines) is 1. The molecule has 4 fully saturated rings. The van der Waals surface area contributed by atoms with Crippen molar-refractivity contribution in [3.05, 3.63) is 24.0 Å². The molecule has 2 saturated carbocycles. The van der Waals surface area contributed by atoms with Crippen molar-refractivity contribution in [2.24, 2.45) is 11.8 Å². The minimum atomic E-state index is 0.0563. The first-order valence-electron chi connectivity index (χ1n) is 11.9. The van der Waals surface area contributed by atoms with E-state index in [2.05, 4.69) is 20.6 Å². The van der Waals surface area contributed by atoms with Gasteiger partial charge in [-0.3, -0.25) is 9.58 Å². The number of anilines is 1. The van der Waals surface area contributed by atoms with Gasteiger partial charge in [0.2, 0.25) is 0 Å². The fourth-order valence-electron chi connectivity index (χ4n) is 5.91. The van der Waals surface area contributed by atoms with Gasteiger partial charge < -0.3 is 15.2 Å². The van der Waals surface area contributed by atoms with Crippen molar-refractivity contribution in [3.8, 4) is 17.0 Å². The number of ether oxygens (including phenoxy) is 2. The standard InChI is InChI=1S/C24H33N5O2/c1-14(2)31-22-7-15(9-26-24(22)25)20-8-21(29(27-20)16-5-3-4-6-16)23-18-10-28(11-19(18)23)17-12-30-13-17/h7-9,14,16-19,23H,3-6,10-13H2,1-2H3,(H2,25,26)/t18-,19+,23-. The Morgan fingerprint density at radius 2 is 1.84 bits per heavy atom. The molecule has 166 valence electrons. The monoisotopic (exact) mass is 423 g/mol. The predicted octanol–water partition coefficient (Wildman–Crippen LogP) is 3.47. The summed E-state index contributed by atoms with van der Waals surface area (Å²) in [6.07, 6.45) is 6.98. The molecule has 31 heavy (non-hydrogen) atoms. The third kappa shape index (κ3) is 3.42. The topological polar surface area (TPSA) is 78.4 Å². The van der Waals surface area contributed by atoms with E-state index < -0.39 is 0 Å². The van der Waals surface area contributed by atoms with Gasteiger partial charge in [0, 0.05) is 36.5 Å². The Labute approximate surface area is 183 Å². The van der Waals surface area contributed by atoms with Crippen LogP contribution in [0.3, 0.4) is 0 Å². The van der Waals surface area contributed by atoms with Crippen LogP contribution in [-0.4, -0.2) is 58.1 Å². The van der Waals surface area contributed by atoms with Gasteiger partial charge in [-0.2, -0.15) is 5.10 Å². The molecule has 2 saturated heterocycles. The number of aromatic nitrogens is 3. The van der Waals surface area contributed by atoms with Crippen molar-refractivity contribution in [3.63, 3.8) is 0 Å². The smallest absolute Gasteiger partial charge is 0.166 e. The van der Waals surface area contributed by atoms with E-state index in [4.69, 9.17) is 20.3 Å². The first-order valence-corrected chi connectivity index (χ1v) is 11.9. The quantitative estimate of drug-likeness (QED) is 0.766. The van der Waals surface area contributed by atoms with E-state index in [1.54, 1.807) is 0 Å². The van der Waals surface area contributed by atoms with E-state index in [1.165, 1.54) is 44.5 Å². The van der Waals surface area contributed by atoms with E-state index in [0.29, 0.717) is 29.6 Å². The minimum absolute atomic E-state index is 0.0563. The van der Waals surface area contributed by atoms with Crippen LogP contribution in [0.4, 0.5) is 5.82 Å². The maximum atomic E-state index is 6.05. The molecule has 4 aliphatic rings. The van der Waals surface area contributed by atoms with E-state index in [1.807, 2.05) is 26.1 Å². The molecular weight excluding hydrogens is 390 g/mol. The van der Waals surface area contributed by atoms with Crippen molar-refractivity contribution >= 4 is 5.82 Å². The lowest BCUT2D eigenvalue weighted by Crippen LogP contribution is -2.48. The SMILES string of the molecule is CC(C)Oc1cc(-c2cc([C@@H]3[C@@H]4CN(C5COC5)C[C@@H]43)n(C3CCCC3)n2)cnc1N. The second-order valence-electron chi connectivity index (χ2n) is 10.1. The Bertz CT molecular complexity index is 951. The number of rotatable bonds is 6. The molecule has 7 heteroatoms. The predicted molar refractivity (Wildman–Crippen MR) is 119 cm³/mol. The Balaban J connectivity index is 1.29. The van der Waals surface area contributed by atoms with Gasteiger partial charge in [-0.05, 0) is 50.7 Å². The van der Waals surface area contributed by atoms with Crippen LogP contribution in [-0.2, 0) is 4.74 Å². The molecule has 0 bridgehead atoms. The molecule has 0 spiro atoms. The summed E-state index contributed by atoms with van der Waals surface area (Å²) in [5.74, 6) is 3.27. The average molecular weight is 424 g/mol. The van der Waals surface area contributed by atoms with Crippen LogP contribution in [0.2, 0.25) is 0 Å². The number of hydrogen-bond acceptors (Lipinski definition) is 6. The second-order valence-corrected chi connectivity index (χ2v) is 10.1. The molecule has 0 unspecified atom stereocenters. The van der Waals surface area contributed by atoms with E-state index in [9.17, 15) is 0 Å². The number of nitrogen functional groups attached to an aromatic ring is 1. The van der Waals surface area contributed by atoms with Gasteiger partial charge in [0.05, 0.1) is 37.1 Å². The third-order valence-electron chi connectivity index (χ3n) is 7.68. The third-order valence-corrected chi connectivity index (χ3v) is 7.68. The summed E-state index contributed by atoms with van der Waals surface area (Å²) < 4.78 is 13.7. The molecule has 3 atom stereocenters. The van der Waals surface area contributed by atoms with Gasteiger partial charge in [-0.15, -0.1) is 0 Å². The van der Waals surface area contributed by atoms with Gasteiger partial charge in [0.25, 0.3) is 0 Å². The highest BCUT2D eigenvalue weighted by atomic mass is 16.5. The van der Waals surface area contributed by atoms with E-state index >= 15 is 0 Å². The molecule has 2 aliphatic heterocycles. The molecule has 0 radical (unpaired) electrons. The first-order chi connectivity index (χ1) is 15.1. The minimum Gasteiger partial charge on any atom is -0.487 e. The largest absolute Gasteiger partial charge is 0.487 e. The zero-order valence-corrected chi connectivity index (χ0v) is 18.5. The van der Waals surface area contributed by atoms with Gasteiger partial charge in [-0.25, -0.2) is 4.98 Å².